The van der Waals surface area contributed by atoms with Crippen LogP contribution in [-0.4, -0.2) is 60.9 Å². The van der Waals surface area contributed by atoms with Crippen molar-refractivity contribution >= 4 is 17.5 Å². The molecule has 136 valence electrons. The summed E-state index contributed by atoms with van der Waals surface area (Å²) in [5.74, 6) is -1.05. The van der Waals surface area contributed by atoms with Crippen LogP contribution < -0.4 is 4.90 Å². The number of hydrogen-bond acceptors (Lipinski definition) is 3. The van der Waals surface area contributed by atoms with E-state index in [4.69, 9.17) is 0 Å². The molecule has 1 aromatic carbocycles. The highest BCUT2D eigenvalue weighted by atomic mass is 19.1. The molecular formula is C18H23F2N3O2. The van der Waals surface area contributed by atoms with Gasteiger partial charge in [-0.3, -0.25) is 9.59 Å². The minimum atomic E-state index is -0.587. The van der Waals surface area contributed by atoms with Gasteiger partial charge in [-0.15, -0.1) is 0 Å². The van der Waals surface area contributed by atoms with E-state index in [-0.39, 0.29) is 17.7 Å². The number of nitrogens with zero attached hydrogens (tertiary/aromatic N) is 3. The fraction of sp³-hybridized carbons (Fsp3) is 0.556. The summed E-state index contributed by atoms with van der Waals surface area (Å²) in [6.07, 6.45) is 1.34. The third-order valence-electron chi connectivity index (χ3n) is 5.09. The number of carbonyl (C=O) groups is 2. The van der Waals surface area contributed by atoms with Gasteiger partial charge in [-0.2, -0.15) is 0 Å². The highest BCUT2D eigenvalue weighted by Gasteiger charge is 2.31. The van der Waals surface area contributed by atoms with Gasteiger partial charge >= 0.3 is 0 Å². The Bertz CT molecular complexity index is 631. The highest BCUT2D eigenvalue weighted by Crippen LogP contribution is 2.26. The van der Waals surface area contributed by atoms with Gasteiger partial charge in [0.15, 0.2) is 0 Å². The standard InChI is InChI=1S/C18H23F2N3O2/c1-13(24)21-6-8-23(9-7-21)18(25)14-2-4-22(5-3-14)17-11-15(19)10-16(20)12-17/h10-12,14H,2-9H2,1H3. The molecule has 0 spiro atoms. The summed E-state index contributed by atoms with van der Waals surface area (Å²) in [6.45, 7) is 5.08. The molecule has 0 aliphatic carbocycles. The lowest BCUT2D eigenvalue weighted by Gasteiger charge is -2.38. The average Bonchev–Trinajstić information content (AvgIpc) is 2.60. The van der Waals surface area contributed by atoms with Crippen molar-refractivity contribution in [2.45, 2.75) is 19.8 Å². The van der Waals surface area contributed by atoms with Gasteiger partial charge in [0.2, 0.25) is 11.8 Å². The topological polar surface area (TPSA) is 43.9 Å². The smallest absolute Gasteiger partial charge is 0.225 e. The number of halogens is 2. The molecule has 2 heterocycles. The van der Waals surface area contributed by atoms with Gasteiger partial charge in [-0.25, -0.2) is 8.78 Å². The summed E-state index contributed by atoms with van der Waals surface area (Å²) in [7, 11) is 0. The third-order valence-corrected chi connectivity index (χ3v) is 5.09. The summed E-state index contributed by atoms with van der Waals surface area (Å²) >= 11 is 0. The Kier molecular flexibility index (Phi) is 5.20. The van der Waals surface area contributed by atoms with Gasteiger partial charge in [-0.05, 0) is 25.0 Å². The van der Waals surface area contributed by atoms with Crippen LogP contribution >= 0.6 is 0 Å². The number of rotatable bonds is 2. The molecule has 3 rings (SSSR count). The first-order chi connectivity index (χ1) is 11.9. The van der Waals surface area contributed by atoms with Crippen molar-refractivity contribution in [2.75, 3.05) is 44.2 Å². The molecule has 2 aliphatic heterocycles. The van der Waals surface area contributed by atoms with Crippen LogP contribution in [0.5, 0.6) is 0 Å². The first-order valence-electron chi connectivity index (χ1n) is 8.69. The van der Waals surface area contributed by atoms with Crippen LogP contribution in [0.1, 0.15) is 19.8 Å². The molecule has 0 saturated carbocycles. The zero-order valence-corrected chi connectivity index (χ0v) is 14.4. The van der Waals surface area contributed by atoms with E-state index in [1.165, 1.54) is 12.1 Å². The van der Waals surface area contributed by atoms with Crippen molar-refractivity contribution in [3.05, 3.63) is 29.8 Å². The molecule has 0 atom stereocenters. The van der Waals surface area contributed by atoms with Crippen molar-refractivity contribution < 1.29 is 18.4 Å². The third kappa shape index (κ3) is 4.08. The minimum Gasteiger partial charge on any atom is -0.371 e. The van der Waals surface area contributed by atoms with E-state index in [1.807, 2.05) is 9.80 Å². The molecule has 2 aliphatic rings. The Labute approximate surface area is 146 Å². The summed E-state index contributed by atoms with van der Waals surface area (Å²) in [5.41, 5.74) is 0.526. The van der Waals surface area contributed by atoms with Crippen LogP contribution in [0.2, 0.25) is 0 Å². The Morgan fingerprint density at radius 1 is 0.880 bits per heavy atom. The van der Waals surface area contributed by atoms with E-state index < -0.39 is 11.6 Å². The molecule has 0 bridgehead atoms. The summed E-state index contributed by atoms with van der Waals surface area (Å²) in [4.78, 5) is 29.5. The van der Waals surface area contributed by atoms with Crippen LogP contribution in [0.3, 0.4) is 0 Å². The predicted octanol–water partition coefficient (Wildman–Crippen LogP) is 1.87. The predicted molar refractivity (Wildman–Crippen MR) is 90.1 cm³/mol. The molecule has 2 amide bonds. The van der Waals surface area contributed by atoms with E-state index >= 15 is 0 Å². The van der Waals surface area contributed by atoms with Gasteiger partial charge in [0.05, 0.1) is 0 Å². The zero-order chi connectivity index (χ0) is 18.0. The van der Waals surface area contributed by atoms with Crippen LogP contribution in [0.4, 0.5) is 14.5 Å². The monoisotopic (exact) mass is 351 g/mol. The molecule has 0 N–H and O–H groups in total. The van der Waals surface area contributed by atoms with E-state index in [2.05, 4.69) is 0 Å². The van der Waals surface area contributed by atoms with Gasteiger partial charge in [-0.1, -0.05) is 0 Å². The van der Waals surface area contributed by atoms with E-state index in [0.29, 0.717) is 57.8 Å². The molecule has 25 heavy (non-hydrogen) atoms. The van der Waals surface area contributed by atoms with Crippen LogP contribution in [0, 0.1) is 17.6 Å². The number of piperazine rings is 1. The summed E-state index contributed by atoms with van der Waals surface area (Å²) in [6, 6.07) is 3.51. The van der Waals surface area contributed by atoms with E-state index in [0.717, 1.165) is 6.07 Å². The maximum absolute atomic E-state index is 13.4. The number of piperidine rings is 1. The highest BCUT2D eigenvalue weighted by molar-refractivity contribution is 5.80. The minimum absolute atomic E-state index is 0.0442. The van der Waals surface area contributed by atoms with E-state index in [9.17, 15) is 18.4 Å². The lowest BCUT2D eigenvalue weighted by atomic mass is 9.94. The summed E-state index contributed by atoms with van der Waals surface area (Å²) < 4.78 is 26.7. The lowest BCUT2D eigenvalue weighted by molar-refractivity contribution is -0.141. The van der Waals surface area contributed by atoms with Crippen molar-refractivity contribution in [1.82, 2.24) is 9.80 Å². The van der Waals surface area contributed by atoms with Gasteiger partial charge in [0.1, 0.15) is 11.6 Å². The first kappa shape index (κ1) is 17.6. The average molecular weight is 351 g/mol. The summed E-state index contributed by atoms with van der Waals surface area (Å²) in [5, 5.41) is 0. The zero-order valence-electron chi connectivity index (χ0n) is 14.4. The Morgan fingerprint density at radius 3 is 1.92 bits per heavy atom. The number of anilines is 1. The van der Waals surface area contributed by atoms with Crippen molar-refractivity contribution in [2.24, 2.45) is 5.92 Å². The molecule has 0 aromatic heterocycles. The largest absolute Gasteiger partial charge is 0.371 e. The SMILES string of the molecule is CC(=O)N1CCN(C(=O)C2CCN(c3cc(F)cc(F)c3)CC2)CC1. The molecule has 2 fully saturated rings. The van der Waals surface area contributed by atoms with Gasteiger partial charge < -0.3 is 14.7 Å². The lowest BCUT2D eigenvalue weighted by Crippen LogP contribution is -2.52. The molecular weight excluding hydrogens is 328 g/mol. The van der Waals surface area contributed by atoms with E-state index in [1.54, 1.807) is 11.8 Å². The van der Waals surface area contributed by atoms with Crippen LogP contribution in [-0.2, 0) is 9.59 Å². The second-order valence-corrected chi connectivity index (χ2v) is 6.72. The number of carbonyl (C=O) groups excluding carboxylic acids is 2. The fourth-order valence-corrected chi connectivity index (χ4v) is 3.61. The maximum atomic E-state index is 13.4. The number of hydrogen-bond donors (Lipinski definition) is 0. The molecule has 0 unspecified atom stereocenters. The molecule has 1 aromatic rings. The van der Waals surface area contributed by atoms with Crippen LogP contribution in [0.25, 0.3) is 0 Å². The van der Waals surface area contributed by atoms with Crippen molar-refractivity contribution in [1.29, 1.82) is 0 Å². The second-order valence-electron chi connectivity index (χ2n) is 6.72. The Hall–Kier alpha value is -2.18. The first-order valence-corrected chi connectivity index (χ1v) is 8.69. The van der Waals surface area contributed by atoms with Crippen molar-refractivity contribution in [3.63, 3.8) is 0 Å². The number of amides is 2. The fourth-order valence-electron chi connectivity index (χ4n) is 3.61. The maximum Gasteiger partial charge on any atom is 0.225 e. The van der Waals surface area contributed by atoms with Gasteiger partial charge in [0.25, 0.3) is 0 Å². The molecule has 7 heteroatoms. The van der Waals surface area contributed by atoms with Crippen molar-refractivity contribution in [3.8, 4) is 0 Å². The Balaban J connectivity index is 1.53. The molecule has 2 saturated heterocycles. The normalized spacial score (nSPS) is 19.2. The molecule has 5 nitrogen and oxygen atoms in total. The molecule has 0 radical (unpaired) electrons. The second kappa shape index (κ2) is 7.37. The quantitative estimate of drug-likeness (QED) is 0.817. The number of benzene rings is 1. The van der Waals surface area contributed by atoms with Gasteiger partial charge in [0, 0.05) is 63.9 Å². The van der Waals surface area contributed by atoms with Crippen LogP contribution in [0.15, 0.2) is 18.2 Å². The Morgan fingerprint density at radius 2 is 1.40 bits per heavy atom.